The molecular formula is C29H40FNO4. The Labute approximate surface area is 208 Å². The molecule has 1 aliphatic heterocycles. The molecule has 2 aliphatic carbocycles. The van der Waals surface area contributed by atoms with Crippen LogP contribution in [0.15, 0.2) is 18.2 Å². The van der Waals surface area contributed by atoms with Crippen LogP contribution in [0.25, 0.3) is 0 Å². The number of carbonyl (C=O) groups is 3. The zero-order valence-electron chi connectivity index (χ0n) is 21.3. The van der Waals surface area contributed by atoms with Crippen LogP contribution in [0.1, 0.15) is 93.5 Å². The van der Waals surface area contributed by atoms with Crippen molar-refractivity contribution in [2.24, 2.45) is 23.7 Å². The average molecular weight is 486 g/mol. The molecule has 1 saturated heterocycles. The average Bonchev–Trinajstić information content (AvgIpc) is 3.35. The van der Waals surface area contributed by atoms with E-state index in [2.05, 4.69) is 11.7 Å². The molecule has 0 radical (unpaired) electrons. The molecule has 2 atom stereocenters. The lowest BCUT2D eigenvalue weighted by atomic mass is 9.75. The van der Waals surface area contributed by atoms with E-state index in [1.54, 1.807) is 0 Å². The van der Waals surface area contributed by atoms with Crippen molar-refractivity contribution in [1.29, 1.82) is 0 Å². The second kappa shape index (κ2) is 11.7. The van der Waals surface area contributed by atoms with Crippen LogP contribution in [0.4, 0.5) is 4.39 Å². The van der Waals surface area contributed by atoms with Crippen LogP contribution in [-0.4, -0.2) is 42.3 Å². The number of halogens is 1. The van der Waals surface area contributed by atoms with E-state index >= 15 is 0 Å². The van der Waals surface area contributed by atoms with Gasteiger partial charge in [0.05, 0.1) is 18.7 Å². The number of ketones is 1. The molecular weight excluding hydrogens is 445 g/mol. The van der Waals surface area contributed by atoms with Gasteiger partial charge in [-0.25, -0.2) is 9.18 Å². The number of hydrogen-bond acceptors (Lipinski definition) is 4. The molecule has 0 N–H and O–H groups in total. The zero-order chi connectivity index (χ0) is 24.9. The molecule has 3 fully saturated rings. The van der Waals surface area contributed by atoms with E-state index in [0.717, 1.165) is 57.4 Å². The van der Waals surface area contributed by atoms with Gasteiger partial charge in [-0.05, 0) is 67.6 Å². The minimum atomic E-state index is -0.607. The molecule has 192 valence electrons. The molecule has 6 heteroatoms. The molecule has 5 nitrogen and oxygen atoms in total. The molecule has 0 unspecified atom stereocenters. The minimum absolute atomic E-state index is 0.00859. The Bertz CT molecular complexity index is 917. The molecule has 1 amide bonds. The van der Waals surface area contributed by atoms with Gasteiger partial charge >= 0.3 is 5.97 Å². The van der Waals surface area contributed by atoms with E-state index < -0.39 is 17.8 Å². The fraction of sp³-hybridized carbons (Fsp3) is 0.690. The maximum atomic E-state index is 14.8. The molecule has 1 aromatic rings. The van der Waals surface area contributed by atoms with Crippen LogP contribution >= 0.6 is 0 Å². The predicted molar refractivity (Wildman–Crippen MR) is 132 cm³/mol. The molecule has 4 rings (SSSR count). The maximum absolute atomic E-state index is 14.8. The van der Waals surface area contributed by atoms with E-state index in [-0.39, 0.29) is 41.1 Å². The summed E-state index contributed by atoms with van der Waals surface area (Å²) in [6.07, 6.45) is 11.8. The summed E-state index contributed by atoms with van der Waals surface area (Å²) in [4.78, 5) is 41.0. The van der Waals surface area contributed by atoms with Gasteiger partial charge < -0.3 is 9.64 Å². The van der Waals surface area contributed by atoms with Crippen LogP contribution in [0.5, 0.6) is 0 Å². The van der Waals surface area contributed by atoms with Crippen LogP contribution in [0.3, 0.4) is 0 Å². The Hall–Kier alpha value is -2.24. The minimum Gasteiger partial charge on any atom is -0.465 e. The van der Waals surface area contributed by atoms with Gasteiger partial charge in [0.2, 0.25) is 5.91 Å². The van der Waals surface area contributed by atoms with E-state index in [0.29, 0.717) is 18.4 Å². The van der Waals surface area contributed by atoms with E-state index in [9.17, 15) is 18.8 Å². The largest absolute Gasteiger partial charge is 0.465 e. The lowest BCUT2D eigenvalue weighted by Crippen LogP contribution is -2.48. The SMILES string of the molecule is CCC1CCC(C(=O)N2CC[C@@H](C3CCCCC3)[C@H]2C(=O)Cc2ccc(C(=O)OC)cc2F)CC1. The van der Waals surface area contributed by atoms with E-state index in [1.165, 1.54) is 38.5 Å². The second-order valence-corrected chi connectivity index (χ2v) is 10.9. The number of hydrogen-bond donors (Lipinski definition) is 0. The molecule has 0 aromatic heterocycles. The Kier molecular flexibility index (Phi) is 8.61. The van der Waals surface area contributed by atoms with Gasteiger partial charge in [0.1, 0.15) is 5.82 Å². The highest BCUT2D eigenvalue weighted by atomic mass is 19.1. The van der Waals surface area contributed by atoms with Crippen LogP contribution in [-0.2, 0) is 20.7 Å². The first kappa shape index (κ1) is 25.8. The highest BCUT2D eigenvalue weighted by molar-refractivity contribution is 5.93. The highest BCUT2D eigenvalue weighted by Crippen LogP contribution is 2.41. The second-order valence-electron chi connectivity index (χ2n) is 10.9. The molecule has 1 heterocycles. The first-order chi connectivity index (χ1) is 16.9. The number of Topliss-reactive ketones (excluding diaryl/α,β-unsaturated/α-hetero) is 1. The zero-order valence-corrected chi connectivity index (χ0v) is 21.3. The van der Waals surface area contributed by atoms with Crippen molar-refractivity contribution >= 4 is 17.7 Å². The number of ether oxygens (including phenoxy) is 1. The summed E-state index contributed by atoms with van der Waals surface area (Å²) < 4.78 is 19.5. The first-order valence-corrected chi connectivity index (χ1v) is 13.6. The van der Waals surface area contributed by atoms with E-state index in [4.69, 9.17) is 0 Å². The Morgan fingerprint density at radius 1 is 1.00 bits per heavy atom. The summed E-state index contributed by atoms with van der Waals surface area (Å²) in [6.45, 7) is 2.85. The number of amides is 1. The number of esters is 1. The van der Waals surface area contributed by atoms with Crippen molar-refractivity contribution in [2.45, 2.75) is 90.0 Å². The molecule has 0 bridgehead atoms. The summed E-state index contributed by atoms with van der Waals surface area (Å²) in [6, 6.07) is 3.67. The first-order valence-electron chi connectivity index (χ1n) is 13.6. The van der Waals surface area contributed by atoms with Crippen molar-refractivity contribution in [3.63, 3.8) is 0 Å². The van der Waals surface area contributed by atoms with Crippen molar-refractivity contribution in [2.75, 3.05) is 13.7 Å². The number of rotatable bonds is 7. The molecule has 1 aromatic carbocycles. The third kappa shape index (κ3) is 5.78. The van der Waals surface area contributed by atoms with Crippen LogP contribution in [0.2, 0.25) is 0 Å². The summed E-state index contributed by atoms with van der Waals surface area (Å²) in [5, 5.41) is 0. The lowest BCUT2D eigenvalue weighted by Gasteiger charge is -2.36. The van der Waals surface area contributed by atoms with Gasteiger partial charge in [-0.3, -0.25) is 9.59 Å². The Morgan fingerprint density at radius 2 is 1.71 bits per heavy atom. The molecule has 35 heavy (non-hydrogen) atoms. The number of likely N-dealkylation sites (tertiary alicyclic amines) is 1. The number of methoxy groups -OCH3 is 1. The third-order valence-electron chi connectivity index (χ3n) is 8.93. The van der Waals surface area contributed by atoms with Crippen LogP contribution in [0, 0.1) is 29.5 Å². The Morgan fingerprint density at radius 3 is 2.34 bits per heavy atom. The smallest absolute Gasteiger partial charge is 0.337 e. The van der Waals surface area contributed by atoms with E-state index in [1.807, 2.05) is 4.90 Å². The van der Waals surface area contributed by atoms with Gasteiger partial charge in [0.25, 0.3) is 0 Å². The topological polar surface area (TPSA) is 63.7 Å². The predicted octanol–water partition coefficient (Wildman–Crippen LogP) is 5.74. The molecule has 0 spiro atoms. The van der Waals surface area contributed by atoms with Gasteiger partial charge in [-0.2, -0.15) is 0 Å². The Balaban J connectivity index is 1.53. The molecule has 2 saturated carbocycles. The van der Waals surface area contributed by atoms with Gasteiger partial charge in [0, 0.05) is 18.9 Å². The highest BCUT2D eigenvalue weighted by Gasteiger charge is 2.46. The quantitative estimate of drug-likeness (QED) is 0.462. The van der Waals surface area contributed by atoms with Crippen molar-refractivity contribution in [3.8, 4) is 0 Å². The van der Waals surface area contributed by atoms with Gasteiger partial charge in [-0.1, -0.05) is 51.5 Å². The number of nitrogens with zero attached hydrogens (tertiary/aromatic N) is 1. The maximum Gasteiger partial charge on any atom is 0.337 e. The van der Waals surface area contributed by atoms with Crippen molar-refractivity contribution in [3.05, 3.63) is 35.1 Å². The summed E-state index contributed by atoms with van der Waals surface area (Å²) >= 11 is 0. The van der Waals surface area contributed by atoms with Crippen molar-refractivity contribution < 1.29 is 23.5 Å². The lowest BCUT2D eigenvalue weighted by molar-refractivity contribution is -0.143. The number of benzene rings is 1. The summed E-state index contributed by atoms with van der Waals surface area (Å²) in [5.74, 6) is 0.217. The fourth-order valence-corrected chi connectivity index (χ4v) is 6.81. The number of carbonyl (C=O) groups excluding carboxylic acids is 3. The van der Waals surface area contributed by atoms with Crippen LogP contribution < -0.4 is 0 Å². The normalized spacial score (nSPS) is 27.6. The van der Waals surface area contributed by atoms with Crippen molar-refractivity contribution in [1.82, 2.24) is 4.90 Å². The van der Waals surface area contributed by atoms with Gasteiger partial charge in [0.15, 0.2) is 5.78 Å². The van der Waals surface area contributed by atoms with Gasteiger partial charge in [-0.15, -0.1) is 0 Å². The standard InChI is InChI=1S/C29H40FNO4/c1-3-19-9-11-21(12-10-19)28(33)31-16-15-24(20-7-5-4-6-8-20)27(31)26(32)18-22-13-14-23(17-25(22)30)29(34)35-2/h13-14,17,19-21,24,27H,3-12,15-16,18H2,1-2H3/t19?,21?,24-,27-/m0/s1. The summed E-state index contributed by atoms with van der Waals surface area (Å²) in [7, 11) is 1.25. The fourth-order valence-electron chi connectivity index (χ4n) is 6.81. The third-order valence-corrected chi connectivity index (χ3v) is 8.93. The molecule has 3 aliphatic rings. The monoisotopic (exact) mass is 485 g/mol. The summed E-state index contributed by atoms with van der Waals surface area (Å²) in [5.41, 5.74) is 0.398.